The Morgan fingerprint density at radius 2 is 1.86 bits per heavy atom. The van der Waals surface area contributed by atoms with Gasteiger partial charge in [0.05, 0.1) is 12.6 Å². The molecule has 184 valence electrons. The van der Waals surface area contributed by atoms with Crippen molar-refractivity contribution in [1.29, 1.82) is 5.26 Å². The van der Waals surface area contributed by atoms with E-state index in [9.17, 15) is 5.26 Å². The summed E-state index contributed by atoms with van der Waals surface area (Å²) < 4.78 is 6.18. The SMILES string of the molecule is [C-]#[N+]C(C#N)=C1C=C(C=CC(=CC)C=C2C3=CC(C)(C)CCN3CCC2(C)C)OC(C(C)(C)C)=C1. The second-order valence-corrected chi connectivity index (χ2v) is 12.0. The second kappa shape index (κ2) is 9.79. The Bertz CT molecular complexity index is 1160. The van der Waals surface area contributed by atoms with E-state index in [2.05, 4.69) is 89.4 Å². The monoisotopic (exact) mass is 469 g/mol. The minimum Gasteiger partial charge on any atom is -0.461 e. The summed E-state index contributed by atoms with van der Waals surface area (Å²) in [7, 11) is 0. The predicted octanol–water partition coefficient (Wildman–Crippen LogP) is 8.00. The van der Waals surface area contributed by atoms with Crippen LogP contribution in [0.25, 0.3) is 4.85 Å². The van der Waals surface area contributed by atoms with Gasteiger partial charge in [0.25, 0.3) is 5.70 Å². The van der Waals surface area contributed by atoms with Gasteiger partial charge >= 0.3 is 0 Å². The number of rotatable bonds is 3. The maximum atomic E-state index is 9.41. The van der Waals surface area contributed by atoms with Gasteiger partial charge in [0.1, 0.15) is 11.5 Å². The van der Waals surface area contributed by atoms with Gasteiger partial charge in [-0.3, -0.25) is 0 Å². The number of allylic oxidation sites excluding steroid dienone is 12. The third-order valence-electron chi connectivity index (χ3n) is 7.03. The average Bonchev–Trinajstić information content (AvgIpc) is 2.77. The molecule has 1 fully saturated rings. The Kier molecular flexibility index (Phi) is 7.37. The molecule has 3 aliphatic rings. The van der Waals surface area contributed by atoms with E-state index >= 15 is 0 Å². The van der Waals surface area contributed by atoms with Crippen LogP contribution in [0.5, 0.6) is 0 Å². The summed E-state index contributed by atoms with van der Waals surface area (Å²) in [6.07, 6.45) is 16.8. The molecule has 0 aromatic carbocycles. The van der Waals surface area contributed by atoms with Gasteiger partial charge < -0.3 is 9.64 Å². The lowest BCUT2D eigenvalue weighted by Crippen LogP contribution is -2.42. The molecular formula is C31H39N3O. The van der Waals surface area contributed by atoms with Crippen LogP contribution >= 0.6 is 0 Å². The molecule has 3 heterocycles. The Morgan fingerprint density at radius 1 is 1.17 bits per heavy atom. The molecule has 0 aliphatic carbocycles. The third kappa shape index (κ3) is 6.07. The van der Waals surface area contributed by atoms with Crippen molar-refractivity contribution >= 4 is 0 Å². The molecule has 35 heavy (non-hydrogen) atoms. The van der Waals surface area contributed by atoms with Crippen molar-refractivity contribution in [2.24, 2.45) is 16.2 Å². The number of hydrogen-bond acceptors (Lipinski definition) is 3. The van der Waals surface area contributed by atoms with Crippen LogP contribution in [0.4, 0.5) is 0 Å². The summed E-state index contributed by atoms with van der Waals surface area (Å²) in [5.74, 6) is 1.37. The van der Waals surface area contributed by atoms with E-state index in [4.69, 9.17) is 11.3 Å². The highest BCUT2D eigenvalue weighted by Gasteiger charge is 2.37. The number of ether oxygens (including phenoxy) is 1. The molecule has 4 nitrogen and oxygen atoms in total. The first kappa shape index (κ1) is 26.4. The number of fused-ring (bicyclic) bond motifs is 1. The fourth-order valence-electron chi connectivity index (χ4n) is 4.56. The molecule has 1 saturated heterocycles. The molecule has 0 aromatic rings. The van der Waals surface area contributed by atoms with Gasteiger partial charge in [-0.2, -0.15) is 0 Å². The van der Waals surface area contributed by atoms with Crippen molar-refractivity contribution in [2.45, 2.75) is 68.2 Å². The van der Waals surface area contributed by atoms with E-state index in [1.807, 2.05) is 18.2 Å². The minimum absolute atomic E-state index is 0.0743. The molecule has 4 heteroatoms. The van der Waals surface area contributed by atoms with Crippen molar-refractivity contribution in [3.05, 3.63) is 93.6 Å². The quantitative estimate of drug-likeness (QED) is 0.239. The predicted molar refractivity (Wildman–Crippen MR) is 143 cm³/mol. The summed E-state index contributed by atoms with van der Waals surface area (Å²) in [5.41, 5.74) is 4.57. The minimum atomic E-state index is -0.248. The summed E-state index contributed by atoms with van der Waals surface area (Å²) in [5, 5.41) is 9.41. The van der Waals surface area contributed by atoms with E-state index in [0.717, 1.165) is 30.8 Å². The smallest absolute Gasteiger partial charge is 0.269 e. The molecule has 0 spiro atoms. The molecule has 0 bridgehead atoms. The number of piperidine rings is 1. The summed E-state index contributed by atoms with van der Waals surface area (Å²) >= 11 is 0. The summed E-state index contributed by atoms with van der Waals surface area (Å²) in [6, 6.07) is 2.01. The highest BCUT2D eigenvalue weighted by molar-refractivity contribution is 5.52. The van der Waals surface area contributed by atoms with Crippen LogP contribution in [0.1, 0.15) is 68.2 Å². The molecule has 3 rings (SSSR count). The lowest BCUT2D eigenvalue weighted by Gasteiger charge is -2.47. The van der Waals surface area contributed by atoms with Crippen LogP contribution in [-0.4, -0.2) is 18.0 Å². The van der Waals surface area contributed by atoms with Crippen LogP contribution in [0.15, 0.2) is 82.2 Å². The van der Waals surface area contributed by atoms with Gasteiger partial charge in [0, 0.05) is 24.2 Å². The fourth-order valence-corrected chi connectivity index (χ4v) is 4.56. The van der Waals surface area contributed by atoms with Gasteiger partial charge in [-0.25, -0.2) is 10.1 Å². The summed E-state index contributed by atoms with van der Waals surface area (Å²) in [6.45, 7) is 27.1. The lowest BCUT2D eigenvalue weighted by molar-refractivity contribution is 0.194. The first-order valence-electron chi connectivity index (χ1n) is 12.5. The van der Waals surface area contributed by atoms with Crippen LogP contribution in [0, 0.1) is 34.1 Å². The average molecular weight is 470 g/mol. The standard InChI is InChI=1S/C31H39N3O/c1-10-22(17-25-27-20-30(5,6)13-15-34(27)16-14-31(25,7)8)11-12-24-18-23(26(21-32)33-9)19-28(35-24)29(2,3)4/h10-12,17-20H,13-16H2,1-8H3. The van der Waals surface area contributed by atoms with Gasteiger partial charge in [-0.05, 0) is 71.6 Å². The van der Waals surface area contributed by atoms with Crippen molar-refractivity contribution in [2.75, 3.05) is 13.1 Å². The Labute approximate surface area is 212 Å². The van der Waals surface area contributed by atoms with Gasteiger partial charge in [0.2, 0.25) is 0 Å². The van der Waals surface area contributed by atoms with E-state index in [1.165, 1.54) is 17.7 Å². The molecule has 0 N–H and O–H groups in total. The van der Waals surface area contributed by atoms with Crippen LogP contribution < -0.4 is 0 Å². The molecule has 0 unspecified atom stereocenters. The molecule has 3 aliphatic heterocycles. The van der Waals surface area contributed by atoms with Crippen molar-refractivity contribution < 1.29 is 4.74 Å². The Balaban J connectivity index is 1.99. The van der Waals surface area contributed by atoms with Gasteiger partial charge in [-0.15, -0.1) is 0 Å². The Hall–Kier alpha value is -3.24. The van der Waals surface area contributed by atoms with E-state index in [-0.39, 0.29) is 21.9 Å². The van der Waals surface area contributed by atoms with Crippen LogP contribution in [0.2, 0.25) is 0 Å². The van der Waals surface area contributed by atoms with Crippen molar-refractivity contribution in [1.82, 2.24) is 4.90 Å². The van der Waals surface area contributed by atoms with Crippen LogP contribution in [0.3, 0.4) is 0 Å². The molecule has 0 amide bonds. The topological polar surface area (TPSA) is 40.6 Å². The fraction of sp³-hybridized carbons (Fsp3) is 0.484. The zero-order valence-electron chi connectivity index (χ0n) is 22.6. The lowest BCUT2D eigenvalue weighted by atomic mass is 9.72. The summed E-state index contributed by atoms with van der Waals surface area (Å²) in [4.78, 5) is 5.94. The van der Waals surface area contributed by atoms with E-state index in [0.29, 0.717) is 11.3 Å². The van der Waals surface area contributed by atoms with Gasteiger partial charge in [0.15, 0.2) is 0 Å². The van der Waals surface area contributed by atoms with Crippen LogP contribution in [-0.2, 0) is 4.74 Å². The highest BCUT2D eigenvalue weighted by Crippen LogP contribution is 2.46. The van der Waals surface area contributed by atoms with E-state index < -0.39 is 0 Å². The maximum absolute atomic E-state index is 9.41. The van der Waals surface area contributed by atoms with Crippen molar-refractivity contribution in [3.8, 4) is 6.07 Å². The molecular weight excluding hydrogens is 430 g/mol. The molecule has 0 radical (unpaired) electrons. The molecule has 0 saturated carbocycles. The second-order valence-electron chi connectivity index (χ2n) is 12.0. The first-order chi connectivity index (χ1) is 16.3. The van der Waals surface area contributed by atoms with Crippen molar-refractivity contribution in [3.63, 3.8) is 0 Å². The maximum Gasteiger partial charge on any atom is 0.269 e. The van der Waals surface area contributed by atoms with Gasteiger partial charge in [-0.1, -0.05) is 66.7 Å². The Morgan fingerprint density at radius 3 is 2.46 bits per heavy atom. The molecule has 0 aromatic heterocycles. The normalized spacial score (nSPS) is 24.5. The number of nitriles is 1. The van der Waals surface area contributed by atoms with E-state index in [1.54, 1.807) is 6.08 Å². The zero-order chi connectivity index (χ0) is 26.0. The third-order valence-corrected chi connectivity index (χ3v) is 7.03. The largest absolute Gasteiger partial charge is 0.461 e. The zero-order valence-corrected chi connectivity index (χ0v) is 22.6. The number of hydrogen-bond donors (Lipinski definition) is 0. The first-order valence-corrected chi connectivity index (χ1v) is 12.5. The highest BCUT2D eigenvalue weighted by atomic mass is 16.5. The molecule has 0 atom stereocenters. The number of nitrogens with zero attached hydrogens (tertiary/aromatic N) is 3.